The lowest BCUT2D eigenvalue weighted by atomic mass is 9.98. The Kier molecular flexibility index (Phi) is 5.42. The molecule has 0 aromatic heterocycles. The van der Waals surface area contributed by atoms with E-state index >= 15 is 0 Å². The molecule has 2 aliphatic heterocycles. The molecule has 0 saturated carbocycles. The van der Waals surface area contributed by atoms with Crippen LogP contribution in [0, 0.1) is 0 Å². The molecule has 1 aromatic rings. The van der Waals surface area contributed by atoms with Gasteiger partial charge in [0.25, 0.3) is 11.8 Å². The van der Waals surface area contributed by atoms with Gasteiger partial charge >= 0.3 is 0 Å². The topological polar surface area (TPSA) is 52.7 Å². The van der Waals surface area contributed by atoms with Gasteiger partial charge in [0.15, 0.2) is 0 Å². The Labute approximate surface area is 150 Å². The van der Waals surface area contributed by atoms with Gasteiger partial charge in [-0.25, -0.2) is 0 Å². The van der Waals surface area contributed by atoms with Crippen LogP contribution in [0.25, 0.3) is 0 Å². The Hall–Kier alpha value is -1.88. The van der Waals surface area contributed by atoms with Gasteiger partial charge in [-0.15, -0.1) is 0 Å². The van der Waals surface area contributed by atoms with Gasteiger partial charge in [0.1, 0.15) is 0 Å². The summed E-state index contributed by atoms with van der Waals surface area (Å²) in [6.07, 6.45) is 4.53. The number of carbonyl (C=O) groups excluding carboxylic acids is 2. The number of hydrogen-bond acceptors (Lipinski definition) is 3. The highest BCUT2D eigenvalue weighted by atomic mass is 16.2. The number of benzene rings is 1. The second-order valence-electron chi connectivity index (χ2n) is 7.23. The van der Waals surface area contributed by atoms with E-state index in [-0.39, 0.29) is 11.8 Å². The number of hydrogen-bond donors (Lipinski definition) is 1. The lowest BCUT2D eigenvalue weighted by molar-refractivity contribution is 0.0680. The molecular weight excluding hydrogens is 314 g/mol. The minimum atomic E-state index is 0.0206. The molecule has 1 N–H and O–H groups in total. The summed E-state index contributed by atoms with van der Waals surface area (Å²) >= 11 is 0. The summed E-state index contributed by atoms with van der Waals surface area (Å²) in [5.74, 6) is 0.0698. The number of rotatable bonds is 5. The van der Waals surface area contributed by atoms with E-state index in [2.05, 4.69) is 5.32 Å². The summed E-state index contributed by atoms with van der Waals surface area (Å²) in [6, 6.07) is 8.54. The summed E-state index contributed by atoms with van der Waals surface area (Å²) in [5, 5.41) is 3.62. The molecule has 2 atom stereocenters. The van der Waals surface area contributed by atoms with Gasteiger partial charge in [-0.1, -0.05) is 0 Å². The van der Waals surface area contributed by atoms with E-state index in [1.165, 1.54) is 12.8 Å². The molecular formula is C20H29N3O2. The smallest absolute Gasteiger partial charge is 0.253 e. The number of nitrogens with zero attached hydrogens (tertiary/aromatic N) is 2. The van der Waals surface area contributed by atoms with Gasteiger partial charge in [-0.05, 0) is 63.8 Å². The lowest BCUT2D eigenvalue weighted by Crippen LogP contribution is -2.48. The summed E-state index contributed by atoms with van der Waals surface area (Å²) < 4.78 is 0. The average Bonchev–Trinajstić information content (AvgIpc) is 2.99. The minimum Gasteiger partial charge on any atom is -0.339 e. The molecule has 25 heavy (non-hydrogen) atoms. The van der Waals surface area contributed by atoms with E-state index in [1.54, 1.807) is 29.2 Å². The van der Waals surface area contributed by atoms with E-state index in [0.717, 1.165) is 12.8 Å². The summed E-state index contributed by atoms with van der Waals surface area (Å²) in [6.45, 7) is 5.33. The fraction of sp³-hybridized carbons (Fsp3) is 0.600. The number of piperidine rings is 1. The molecule has 0 radical (unpaired) electrons. The van der Waals surface area contributed by atoms with E-state index in [1.807, 2.05) is 25.8 Å². The standard InChI is InChI=1S/C20H29N3O2/c1-4-23(5-2)20(25)15-8-6-14(7-9-15)19(24)22(3)18-12-16-10-11-17(13-18)21-16/h6-9,16-18,21H,4-5,10-13H2,1-3H3. The van der Waals surface area contributed by atoms with Gasteiger partial charge in [0.2, 0.25) is 0 Å². The predicted molar refractivity (Wildman–Crippen MR) is 98.8 cm³/mol. The van der Waals surface area contributed by atoms with Gasteiger partial charge in [-0.2, -0.15) is 0 Å². The minimum absolute atomic E-state index is 0.0206. The second kappa shape index (κ2) is 7.56. The predicted octanol–water partition coefficient (Wildman–Crippen LogP) is 2.52. The van der Waals surface area contributed by atoms with Crippen LogP contribution in [0.15, 0.2) is 24.3 Å². The molecule has 5 heteroatoms. The van der Waals surface area contributed by atoms with Crippen LogP contribution in [-0.2, 0) is 0 Å². The third kappa shape index (κ3) is 3.71. The third-order valence-corrected chi connectivity index (χ3v) is 5.75. The molecule has 2 amide bonds. The van der Waals surface area contributed by atoms with Crippen molar-refractivity contribution in [2.24, 2.45) is 0 Å². The van der Waals surface area contributed by atoms with Crippen molar-refractivity contribution in [3.8, 4) is 0 Å². The van der Waals surface area contributed by atoms with Crippen LogP contribution in [0.1, 0.15) is 60.2 Å². The number of nitrogens with one attached hydrogen (secondary N) is 1. The van der Waals surface area contributed by atoms with Crippen LogP contribution in [-0.4, -0.2) is 59.9 Å². The molecule has 2 aliphatic rings. The molecule has 2 unspecified atom stereocenters. The van der Waals surface area contributed by atoms with Crippen LogP contribution in [0.3, 0.4) is 0 Å². The molecule has 2 bridgehead atoms. The first-order valence-corrected chi connectivity index (χ1v) is 9.46. The van der Waals surface area contributed by atoms with Crippen molar-refractivity contribution in [2.45, 2.75) is 57.7 Å². The molecule has 5 nitrogen and oxygen atoms in total. The highest BCUT2D eigenvalue weighted by Gasteiger charge is 2.36. The lowest BCUT2D eigenvalue weighted by Gasteiger charge is -2.35. The largest absolute Gasteiger partial charge is 0.339 e. The molecule has 136 valence electrons. The van der Waals surface area contributed by atoms with E-state index in [4.69, 9.17) is 0 Å². The van der Waals surface area contributed by atoms with Crippen molar-refractivity contribution in [1.82, 2.24) is 15.1 Å². The number of fused-ring (bicyclic) bond motifs is 2. The highest BCUT2D eigenvalue weighted by molar-refractivity contribution is 5.97. The fourth-order valence-corrected chi connectivity index (χ4v) is 4.16. The normalized spacial score (nSPS) is 24.8. The summed E-state index contributed by atoms with van der Waals surface area (Å²) in [7, 11) is 1.91. The molecule has 0 spiro atoms. The zero-order valence-corrected chi connectivity index (χ0v) is 15.5. The van der Waals surface area contributed by atoms with Crippen molar-refractivity contribution < 1.29 is 9.59 Å². The maximum Gasteiger partial charge on any atom is 0.253 e. The third-order valence-electron chi connectivity index (χ3n) is 5.75. The first kappa shape index (κ1) is 17.9. The van der Waals surface area contributed by atoms with Crippen molar-refractivity contribution in [1.29, 1.82) is 0 Å². The van der Waals surface area contributed by atoms with Crippen molar-refractivity contribution in [3.05, 3.63) is 35.4 Å². The van der Waals surface area contributed by atoms with Crippen LogP contribution in [0.2, 0.25) is 0 Å². The first-order valence-electron chi connectivity index (χ1n) is 9.46. The van der Waals surface area contributed by atoms with Crippen LogP contribution < -0.4 is 5.32 Å². The Morgan fingerprint density at radius 2 is 1.44 bits per heavy atom. The molecule has 2 saturated heterocycles. The highest BCUT2D eigenvalue weighted by Crippen LogP contribution is 2.29. The molecule has 2 fully saturated rings. The summed E-state index contributed by atoms with van der Waals surface area (Å²) in [5.41, 5.74) is 1.30. The Morgan fingerprint density at radius 3 is 1.92 bits per heavy atom. The van der Waals surface area contributed by atoms with Crippen LogP contribution in [0.4, 0.5) is 0 Å². The summed E-state index contributed by atoms with van der Waals surface area (Å²) in [4.78, 5) is 28.9. The van der Waals surface area contributed by atoms with Crippen molar-refractivity contribution >= 4 is 11.8 Å². The van der Waals surface area contributed by atoms with Crippen LogP contribution >= 0.6 is 0 Å². The Balaban J connectivity index is 1.67. The molecule has 0 aliphatic carbocycles. The molecule has 2 heterocycles. The zero-order chi connectivity index (χ0) is 18.0. The van der Waals surface area contributed by atoms with Gasteiger partial charge in [0.05, 0.1) is 0 Å². The van der Waals surface area contributed by atoms with E-state index in [9.17, 15) is 9.59 Å². The monoisotopic (exact) mass is 343 g/mol. The second-order valence-corrected chi connectivity index (χ2v) is 7.23. The number of carbonyl (C=O) groups is 2. The average molecular weight is 343 g/mol. The van der Waals surface area contributed by atoms with E-state index < -0.39 is 0 Å². The molecule has 3 rings (SSSR count). The quantitative estimate of drug-likeness (QED) is 0.894. The van der Waals surface area contributed by atoms with Gasteiger partial charge < -0.3 is 15.1 Å². The Bertz CT molecular complexity index is 612. The van der Waals surface area contributed by atoms with Gasteiger partial charge in [0, 0.05) is 49.4 Å². The van der Waals surface area contributed by atoms with Crippen molar-refractivity contribution in [3.63, 3.8) is 0 Å². The van der Waals surface area contributed by atoms with Crippen LogP contribution in [0.5, 0.6) is 0 Å². The Morgan fingerprint density at radius 1 is 0.960 bits per heavy atom. The maximum atomic E-state index is 12.8. The van der Waals surface area contributed by atoms with Gasteiger partial charge in [-0.3, -0.25) is 9.59 Å². The van der Waals surface area contributed by atoms with Crippen molar-refractivity contribution in [2.75, 3.05) is 20.1 Å². The molecule has 1 aromatic carbocycles. The fourth-order valence-electron chi connectivity index (χ4n) is 4.16. The van der Waals surface area contributed by atoms with E-state index in [0.29, 0.717) is 42.3 Å². The SMILES string of the molecule is CCN(CC)C(=O)c1ccc(C(=O)N(C)C2CC3CCC(C2)N3)cc1. The maximum absolute atomic E-state index is 12.8. The first-order chi connectivity index (χ1) is 12.0. The zero-order valence-electron chi connectivity index (χ0n) is 15.5. The number of amides is 2.